The molecular weight excluding hydrogens is 333 g/mol. The van der Waals surface area contributed by atoms with Gasteiger partial charge in [0.15, 0.2) is 0 Å². The van der Waals surface area contributed by atoms with Crippen LogP contribution in [0.5, 0.6) is 0 Å². The molecule has 110 valence electrons. The monoisotopic (exact) mass is 349 g/mol. The maximum atomic E-state index is 13.5. The predicted molar refractivity (Wildman–Crippen MR) is 85.3 cm³/mol. The Bertz CT molecular complexity index is 601. The van der Waals surface area contributed by atoms with Crippen molar-refractivity contribution in [3.63, 3.8) is 0 Å². The van der Waals surface area contributed by atoms with Crippen molar-refractivity contribution in [2.45, 2.75) is 25.8 Å². The molecule has 0 heterocycles. The number of hydrogen-bond donors (Lipinski definition) is 1. The van der Waals surface area contributed by atoms with Gasteiger partial charge in [-0.05, 0) is 36.6 Å². The fraction of sp³-hybridized carbons (Fsp3) is 0.235. The zero-order chi connectivity index (χ0) is 15.1. The van der Waals surface area contributed by atoms with E-state index >= 15 is 0 Å². The van der Waals surface area contributed by atoms with Gasteiger partial charge in [0.05, 0.1) is 0 Å². The molecule has 1 amide bonds. The highest BCUT2D eigenvalue weighted by Gasteiger charge is 2.06. The van der Waals surface area contributed by atoms with Crippen LogP contribution in [-0.4, -0.2) is 5.91 Å². The Morgan fingerprint density at radius 3 is 2.67 bits per heavy atom. The number of carbonyl (C=O) groups is 1. The molecule has 0 aromatic heterocycles. The smallest absolute Gasteiger partial charge is 0.220 e. The largest absolute Gasteiger partial charge is 0.352 e. The van der Waals surface area contributed by atoms with Gasteiger partial charge in [0.25, 0.3) is 0 Å². The summed E-state index contributed by atoms with van der Waals surface area (Å²) in [7, 11) is 0. The average molecular weight is 350 g/mol. The van der Waals surface area contributed by atoms with Crippen molar-refractivity contribution in [1.82, 2.24) is 5.32 Å². The number of rotatable bonds is 6. The predicted octanol–water partition coefficient (Wildman–Crippen LogP) is 4.23. The molecule has 2 aromatic carbocycles. The average Bonchev–Trinajstić information content (AvgIpc) is 2.49. The second-order valence-corrected chi connectivity index (χ2v) is 5.77. The molecule has 4 heteroatoms. The van der Waals surface area contributed by atoms with E-state index in [4.69, 9.17) is 0 Å². The van der Waals surface area contributed by atoms with E-state index in [-0.39, 0.29) is 18.3 Å². The lowest BCUT2D eigenvalue weighted by molar-refractivity contribution is -0.121. The summed E-state index contributed by atoms with van der Waals surface area (Å²) in [5.74, 6) is -0.354. The third-order valence-corrected chi connectivity index (χ3v) is 3.69. The highest BCUT2D eigenvalue weighted by atomic mass is 79.9. The first-order chi connectivity index (χ1) is 10.1. The summed E-state index contributed by atoms with van der Waals surface area (Å²) in [4.78, 5) is 11.8. The molecule has 21 heavy (non-hydrogen) atoms. The molecule has 0 aliphatic rings. The SMILES string of the molecule is O=C(CCCc1ccccc1)NCc1cc(Br)ccc1F. The normalized spacial score (nSPS) is 10.4. The second-order valence-electron chi connectivity index (χ2n) is 4.85. The minimum atomic E-state index is -0.303. The van der Waals surface area contributed by atoms with Crippen LogP contribution in [-0.2, 0) is 17.8 Å². The third kappa shape index (κ3) is 5.31. The van der Waals surface area contributed by atoms with Gasteiger partial charge in [0.2, 0.25) is 5.91 Å². The highest BCUT2D eigenvalue weighted by molar-refractivity contribution is 9.10. The van der Waals surface area contributed by atoms with Crippen LogP contribution >= 0.6 is 15.9 Å². The summed E-state index contributed by atoms with van der Waals surface area (Å²) < 4.78 is 14.3. The Labute approximate surface area is 132 Å². The lowest BCUT2D eigenvalue weighted by atomic mass is 10.1. The van der Waals surface area contributed by atoms with Gasteiger partial charge in [-0.1, -0.05) is 46.3 Å². The van der Waals surface area contributed by atoms with Crippen molar-refractivity contribution in [1.29, 1.82) is 0 Å². The topological polar surface area (TPSA) is 29.1 Å². The number of benzene rings is 2. The summed E-state index contributed by atoms with van der Waals surface area (Å²) in [5.41, 5.74) is 1.71. The van der Waals surface area contributed by atoms with Crippen LogP contribution in [0.25, 0.3) is 0 Å². The third-order valence-electron chi connectivity index (χ3n) is 3.20. The lowest BCUT2D eigenvalue weighted by Crippen LogP contribution is -2.23. The lowest BCUT2D eigenvalue weighted by Gasteiger charge is -2.07. The van der Waals surface area contributed by atoms with Crippen molar-refractivity contribution in [2.75, 3.05) is 0 Å². The van der Waals surface area contributed by atoms with Crippen molar-refractivity contribution in [2.24, 2.45) is 0 Å². The Kier molecular flexibility index (Phi) is 5.93. The fourth-order valence-electron chi connectivity index (χ4n) is 2.06. The van der Waals surface area contributed by atoms with Gasteiger partial charge in [-0.3, -0.25) is 4.79 Å². The van der Waals surface area contributed by atoms with Crippen molar-refractivity contribution in [3.8, 4) is 0 Å². The van der Waals surface area contributed by atoms with E-state index in [1.54, 1.807) is 12.1 Å². The standard InChI is InChI=1S/C17H17BrFNO/c18-15-9-10-16(19)14(11-15)12-20-17(21)8-4-7-13-5-2-1-3-6-13/h1-3,5-6,9-11H,4,7-8,12H2,(H,20,21). The minimum absolute atomic E-state index is 0.0506. The summed E-state index contributed by atoms with van der Waals surface area (Å²) in [6.07, 6.45) is 2.11. The van der Waals surface area contributed by atoms with Gasteiger partial charge in [-0.25, -0.2) is 4.39 Å². The maximum absolute atomic E-state index is 13.5. The van der Waals surface area contributed by atoms with Crippen LogP contribution in [0.1, 0.15) is 24.0 Å². The van der Waals surface area contributed by atoms with Gasteiger partial charge in [0.1, 0.15) is 5.82 Å². The zero-order valence-corrected chi connectivity index (χ0v) is 13.2. The number of aryl methyl sites for hydroxylation is 1. The first-order valence-corrected chi connectivity index (χ1v) is 7.69. The summed E-state index contributed by atoms with van der Waals surface area (Å²) in [6, 6.07) is 14.8. The molecule has 2 rings (SSSR count). The van der Waals surface area contributed by atoms with Crippen LogP contribution in [0.4, 0.5) is 4.39 Å². The van der Waals surface area contributed by atoms with Crippen LogP contribution < -0.4 is 5.32 Å². The molecule has 0 atom stereocenters. The summed E-state index contributed by atoms with van der Waals surface area (Å²) in [6.45, 7) is 0.218. The molecule has 0 saturated carbocycles. The summed E-state index contributed by atoms with van der Waals surface area (Å²) in [5, 5.41) is 2.75. The number of amides is 1. The highest BCUT2D eigenvalue weighted by Crippen LogP contribution is 2.15. The fourth-order valence-corrected chi connectivity index (χ4v) is 2.47. The molecule has 0 saturated heterocycles. The van der Waals surface area contributed by atoms with E-state index in [0.29, 0.717) is 12.0 Å². The van der Waals surface area contributed by atoms with Gasteiger partial charge in [-0.2, -0.15) is 0 Å². The van der Waals surface area contributed by atoms with Crippen LogP contribution in [0.3, 0.4) is 0 Å². The molecule has 0 spiro atoms. The number of nitrogens with one attached hydrogen (secondary N) is 1. The maximum Gasteiger partial charge on any atom is 0.220 e. The van der Waals surface area contributed by atoms with Gasteiger partial charge in [0, 0.05) is 23.0 Å². The van der Waals surface area contributed by atoms with E-state index in [1.807, 2.05) is 18.2 Å². The molecule has 0 fully saturated rings. The van der Waals surface area contributed by atoms with E-state index in [1.165, 1.54) is 11.6 Å². The Morgan fingerprint density at radius 2 is 1.90 bits per heavy atom. The van der Waals surface area contributed by atoms with E-state index in [2.05, 4.69) is 33.4 Å². The summed E-state index contributed by atoms with van der Waals surface area (Å²) >= 11 is 3.29. The van der Waals surface area contributed by atoms with Crippen LogP contribution in [0, 0.1) is 5.82 Å². The Hall–Kier alpha value is -1.68. The minimum Gasteiger partial charge on any atom is -0.352 e. The van der Waals surface area contributed by atoms with E-state index in [0.717, 1.165) is 17.3 Å². The molecule has 0 unspecified atom stereocenters. The first-order valence-electron chi connectivity index (χ1n) is 6.90. The molecule has 2 aromatic rings. The molecule has 2 nitrogen and oxygen atoms in total. The van der Waals surface area contributed by atoms with E-state index in [9.17, 15) is 9.18 Å². The Morgan fingerprint density at radius 1 is 1.14 bits per heavy atom. The van der Waals surface area contributed by atoms with Crippen molar-refractivity contribution < 1.29 is 9.18 Å². The molecule has 0 bridgehead atoms. The molecular formula is C17H17BrFNO. The molecule has 1 N–H and O–H groups in total. The van der Waals surface area contributed by atoms with Gasteiger partial charge >= 0.3 is 0 Å². The quantitative estimate of drug-likeness (QED) is 0.830. The number of carbonyl (C=O) groups excluding carboxylic acids is 1. The van der Waals surface area contributed by atoms with Crippen molar-refractivity contribution >= 4 is 21.8 Å². The van der Waals surface area contributed by atoms with E-state index < -0.39 is 0 Å². The van der Waals surface area contributed by atoms with Gasteiger partial charge < -0.3 is 5.32 Å². The van der Waals surface area contributed by atoms with Crippen LogP contribution in [0.15, 0.2) is 53.0 Å². The number of halogens is 2. The molecule has 0 aliphatic carbocycles. The van der Waals surface area contributed by atoms with Gasteiger partial charge in [-0.15, -0.1) is 0 Å². The van der Waals surface area contributed by atoms with Crippen LogP contribution in [0.2, 0.25) is 0 Å². The second kappa shape index (κ2) is 7.93. The first kappa shape index (κ1) is 15.7. The molecule has 0 radical (unpaired) electrons. The number of hydrogen-bond acceptors (Lipinski definition) is 1. The Balaban J connectivity index is 1.74. The zero-order valence-electron chi connectivity index (χ0n) is 11.6. The molecule has 0 aliphatic heterocycles. The van der Waals surface area contributed by atoms with Crippen molar-refractivity contribution in [3.05, 3.63) is 69.9 Å².